The highest BCUT2D eigenvalue weighted by molar-refractivity contribution is 9.10. The lowest BCUT2D eigenvalue weighted by molar-refractivity contribution is 0.350. The summed E-state index contributed by atoms with van der Waals surface area (Å²) in [6.07, 6.45) is 3.70. The molecular weight excluding hydrogens is 423 g/mol. The highest BCUT2D eigenvalue weighted by atomic mass is 79.9. The Hall–Kier alpha value is -1.28. The Morgan fingerprint density at radius 1 is 1.31 bits per heavy atom. The van der Waals surface area contributed by atoms with Crippen LogP contribution in [0, 0.1) is 5.92 Å². The van der Waals surface area contributed by atoms with Crippen LogP contribution in [0.25, 0.3) is 11.0 Å². The van der Waals surface area contributed by atoms with Crippen LogP contribution in [0.2, 0.25) is 0 Å². The minimum absolute atomic E-state index is 0.0518. The largest absolute Gasteiger partial charge is 0.356 e. The Bertz CT molecular complexity index is 905. The van der Waals surface area contributed by atoms with Crippen LogP contribution in [0.4, 0.5) is 5.82 Å². The van der Waals surface area contributed by atoms with Gasteiger partial charge in [-0.1, -0.05) is 0 Å². The quantitative estimate of drug-likeness (QED) is 0.681. The predicted molar refractivity (Wildman–Crippen MR) is 104 cm³/mol. The van der Waals surface area contributed by atoms with E-state index in [1.807, 2.05) is 6.92 Å². The second kappa shape index (κ2) is 7.76. The van der Waals surface area contributed by atoms with Crippen molar-refractivity contribution in [3.8, 4) is 0 Å². The SMILES string of the molecule is CCn1c(=O)c(Br)cc2c(N3CCC(CCP(=O)(O)O)CC3)ncnc21. The molecule has 1 aliphatic heterocycles. The maximum Gasteiger partial charge on any atom is 0.325 e. The molecule has 142 valence electrons. The van der Waals surface area contributed by atoms with Gasteiger partial charge in [-0.3, -0.25) is 13.9 Å². The molecule has 0 radical (unpaired) electrons. The first-order valence-electron chi connectivity index (χ1n) is 8.63. The number of aromatic nitrogens is 3. The molecule has 1 saturated heterocycles. The highest BCUT2D eigenvalue weighted by Gasteiger charge is 2.24. The molecule has 0 amide bonds. The first kappa shape index (κ1) is 19.5. The van der Waals surface area contributed by atoms with Crippen LogP contribution < -0.4 is 10.5 Å². The number of aryl methyl sites for hydroxylation is 1. The lowest BCUT2D eigenvalue weighted by atomic mass is 9.94. The number of pyridine rings is 1. The van der Waals surface area contributed by atoms with E-state index in [4.69, 9.17) is 9.79 Å². The number of fused-ring (bicyclic) bond motifs is 1. The summed E-state index contributed by atoms with van der Waals surface area (Å²) < 4.78 is 13.2. The number of hydrogen-bond acceptors (Lipinski definition) is 5. The van der Waals surface area contributed by atoms with Crippen molar-refractivity contribution < 1.29 is 14.4 Å². The van der Waals surface area contributed by atoms with Gasteiger partial charge in [0.15, 0.2) is 0 Å². The van der Waals surface area contributed by atoms with E-state index in [0.29, 0.717) is 29.0 Å². The fourth-order valence-corrected chi connectivity index (χ4v) is 4.61. The molecule has 1 aliphatic rings. The molecule has 0 aliphatic carbocycles. The Morgan fingerprint density at radius 3 is 2.62 bits per heavy atom. The normalized spacial score (nSPS) is 16.4. The van der Waals surface area contributed by atoms with Gasteiger partial charge in [0.25, 0.3) is 5.56 Å². The summed E-state index contributed by atoms with van der Waals surface area (Å²) >= 11 is 3.33. The van der Waals surface area contributed by atoms with Gasteiger partial charge in [0.05, 0.1) is 16.0 Å². The maximum atomic E-state index is 12.3. The van der Waals surface area contributed by atoms with Crippen LogP contribution >= 0.6 is 23.5 Å². The summed E-state index contributed by atoms with van der Waals surface area (Å²) in [5, 5.41) is 0.828. The van der Waals surface area contributed by atoms with Gasteiger partial charge < -0.3 is 14.7 Å². The minimum atomic E-state index is -3.93. The molecule has 0 aromatic carbocycles. The van der Waals surface area contributed by atoms with E-state index in [2.05, 4.69) is 30.8 Å². The first-order valence-corrected chi connectivity index (χ1v) is 11.2. The summed E-state index contributed by atoms with van der Waals surface area (Å²) in [7, 11) is -3.93. The molecule has 10 heteroatoms. The van der Waals surface area contributed by atoms with Crippen molar-refractivity contribution in [2.24, 2.45) is 5.92 Å². The van der Waals surface area contributed by atoms with E-state index < -0.39 is 7.60 Å². The molecule has 0 spiro atoms. The molecule has 26 heavy (non-hydrogen) atoms. The molecule has 2 N–H and O–H groups in total. The van der Waals surface area contributed by atoms with Gasteiger partial charge in [-0.2, -0.15) is 0 Å². The van der Waals surface area contributed by atoms with E-state index in [9.17, 15) is 9.36 Å². The molecule has 2 aromatic rings. The third kappa shape index (κ3) is 4.17. The molecule has 3 rings (SSSR count). The van der Waals surface area contributed by atoms with Gasteiger partial charge >= 0.3 is 7.60 Å². The Kier molecular flexibility index (Phi) is 5.81. The van der Waals surface area contributed by atoms with E-state index in [-0.39, 0.29) is 11.7 Å². The minimum Gasteiger partial charge on any atom is -0.356 e. The average Bonchev–Trinajstić information content (AvgIpc) is 2.61. The fourth-order valence-electron chi connectivity index (χ4n) is 3.46. The molecule has 3 heterocycles. The van der Waals surface area contributed by atoms with Crippen molar-refractivity contribution in [1.29, 1.82) is 0 Å². The number of nitrogens with zero attached hydrogens (tertiary/aromatic N) is 4. The summed E-state index contributed by atoms with van der Waals surface area (Å²) in [4.78, 5) is 41.3. The van der Waals surface area contributed by atoms with Crippen LogP contribution in [0.15, 0.2) is 21.7 Å². The molecule has 8 nitrogen and oxygen atoms in total. The number of rotatable bonds is 5. The predicted octanol–water partition coefficient (Wildman–Crippen LogP) is 2.36. The monoisotopic (exact) mass is 444 g/mol. The topological polar surface area (TPSA) is 109 Å². The zero-order valence-corrected chi connectivity index (χ0v) is 17.0. The molecule has 0 atom stereocenters. The van der Waals surface area contributed by atoms with Gasteiger partial charge in [0.1, 0.15) is 17.8 Å². The van der Waals surface area contributed by atoms with Gasteiger partial charge in [-0.15, -0.1) is 0 Å². The first-order chi connectivity index (χ1) is 12.3. The average molecular weight is 445 g/mol. The Labute approximate surface area is 159 Å². The second-order valence-corrected chi connectivity index (χ2v) is 9.21. The smallest absolute Gasteiger partial charge is 0.325 e. The van der Waals surface area contributed by atoms with Crippen molar-refractivity contribution in [1.82, 2.24) is 14.5 Å². The molecule has 0 unspecified atom stereocenters. The van der Waals surface area contributed by atoms with Gasteiger partial charge in [0, 0.05) is 19.6 Å². The standard InChI is InChI=1S/C16H22BrN4O4P/c1-2-21-15-12(9-13(17)16(21)22)14(18-10-19-15)20-6-3-11(4-7-20)5-8-26(23,24)25/h9-11H,2-8H2,1H3,(H2,23,24,25). The van der Waals surface area contributed by atoms with Crippen molar-refractivity contribution in [2.75, 3.05) is 24.2 Å². The third-order valence-corrected chi connectivity index (χ3v) is 6.29. The van der Waals surface area contributed by atoms with Crippen LogP contribution in [-0.2, 0) is 11.1 Å². The van der Waals surface area contributed by atoms with Crippen molar-refractivity contribution in [3.63, 3.8) is 0 Å². The fraction of sp³-hybridized carbons (Fsp3) is 0.562. The lowest BCUT2D eigenvalue weighted by Crippen LogP contribution is -2.35. The Balaban J connectivity index is 1.83. The van der Waals surface area contributed by atoms with Crippen LogP contribution in [0.5, 0.6) is 0 Å². The summed E-state index contributed by atoms with van der Waals surface area (Å²) in [5.74, 6) is 1.11. The van der Waals surface area contributed by atoms with Crippen LogP contribution in [0.3, 0.4) is 0 Å². The van der Waals surface area contributed by atoms with Crippen molar-refractivity contribution in [3.05, 3.63) is 27.2 Å². The number of halogens is 1. The van der Waals surface area contributed by atoms with E-state index in [1.54, 1.807) is 10.6 Å². The summed E-state index contributed by atoms with van der Waals surface area (Å²) in [5.41, 5.74) is 0.509. The van der Waals surface area contributed by atoms with Crippen LogP contribution in [0.1, 0.15) is 26.2 Å². The molecule has 0 bridgehead atoms. The van der Waals surface area contributed by atoms with Crippen LogP contribution in [-0.4, -0.2) is 43.6 Å². The van der Waals surface area contributed by atoms with E-state index in [0.717, 1.165) is 37.1 Å². The second-order valence-electron chi connectivity index (χ2n) is 6.58. The molecule has 1 fully saturated rings. The van der Waals surface area contributed by atoms with Gasteiger partial charge in [-0.25, -0.2) is 9.97 Å². The van der Waals surface area contributed by atoms with Gasteiger partial charge in [0.2, 0.25) is 0 Å². The zero-order chi connectivity index (χ0) is 18.9. The molecule has 2 aromatic heterocycles. The highest BCUT2D eigenvalue weighted by Crippen LogP contribution is 2.38. The number of hydrogen-bond donors (Lipinski definition) is 2. The zero-order valence-electron chi connectivity index (χ0n) is 14.5. The number of anilines is 1. The summed E-state index contributed by atoms with van der Waals surface area (Å²) in [6, 6.07) is 1.78. The van der Waals surface area contributed by atoms with E-state index >= 15 is 0 Å². The number of piperidine rings is 1. The third-order valence-electron chi connectivity index (χ3n) is 4.88. The Morgan fingerprint density at radius 2 is 2.00 bits per heavy atom. The van der Waals surface area contributed by atoms with Crippen molar-refractivity contribution >= 4 is 40.4 Å². The molecule has 0 saturated carbocycles. The summed E-state index contributed by atoms with van der Waals surface area (Å²) in [6.45, 7) is 3.96. The van der Waals surface area contributed by atoms with Crippen molar-refractivity contribution in [2.45, 2.75) is 32.7 Å². The maximum absolute atomic E-state index is 12.3. The lowest BCUT2D eigenvalue weighted by Gasteiger charge is -2.33. The molecular formula is C16H22BrN4O4P. The van der Waals surface area contributed by atoms with E-state index in [1.165, 1.54) is 6.33 Å². The van der Waals surface area contributed by atoms with Gasteiger partial charge in [-0.05, 0) is 54.1 Å².